The molecule has 0 unspecified atom stereocenters. The molecule has 0 atom stereocenters. The fourth-order valence-electron chi connectivity index (χ4n) is 2.79. The van der Waals surface area contributed by atoms with Crippen molar-refractivity contribution in [1.82, 2.24) is 0 Å². The van der Waals surface area contributed by atoms with Crippen LogP contribution in [0.15, 0.2) is 24.3 Å². The van der Waals surface area contributed by atoms with E-state index in [4.69, 9.17) is 0 Å². The van der Waals surface area contributed by atoms with E-state index >= 15 is 0 Å². The second kappa shape index (κ2) is 4.37. The number of carbonyl (C=O) groups excluding carboxylic acids is 1. The van der Waals surface area contributed by atoms with E-state index in [1.54, 1.807) is 4.90 Å². The molecule has 2 aliphatic rings. The molecule has 4 nitrogen and oxygen atoms in total. The first-order valence-corrected chi connectivity index (χ1v) is 6.78. The van der Waals surface area contributed by atoms with Gasteiger partial charge in [-0.25, -0.2) is 0 Å². The van der Waals surface area contributed by atoms with Gasteiger partial charge >= 0.3 is 5.97 Å². The Labute approximate surface area is 112 Å². The number of nitrogens with zero attached hydrogens (tertiary/aromatic N) is 1. The maximum Gasteiger partial charge on any atom is 0.314 e. The Kier molecular flexibility index (Phi) is 2.81. The van der Waals surface area contributed by atoms with Crippen molar-refractivity contribution in [3.63, 3.8) is 0 Å². The summed E-state index contributed by atoms with van der Waals surface area (Å²) in [7, 11) is 0. The quantitative estimate of drug-likeness (QED) is 0.906. The van der Waals surface area contributed by atoms with Gasteiger partial charge in [-0.05, 0) is 43.4 Å². The van der Waals surface area contributed by atoms with Crippen molar-refractivity contribution in [1.29, 1.82) is 0 Å². The van der Waals surface area contributed by atoms with Crippen LogP contribution >= 0.6 is 0 Å². The zero-order valence-corrected chi connectivity index (χ0v) is 10.8. The number of hydrogen-bond donors (Lipinski definition) is 1. The number of benzene rings is 1. The molecular formula is C15H17NO3. The van der Waals surface area contributed by atoms with Crippen LogP contribution in [0, 0.1) is 0 Å². The van der Waals surface area contributed by atoms with Crippen molar-refractivity contribution in [2.24, 2.45) is 0 Å². The molecule has 1 aromatic rings. The number of amides is 1. The largest absolute Gasteiger partial charge is 0.481 e. The van der Waals surface area contributed by atoms with Crippen molar-refractivity contribution in [2.75, 3.05) is 11.4 Å². The van der Waals surface area contributed by atoms with Gasteiger partial charge in [-0.2, -0.15) is 0 Å². The second-order valence-electron chi connectivity index (χ2n) is 5.44. The summed E-state index contributed by atoms with van der Waals surface area (Å²) in [6, 6.07) is 7.47. The van der Waals surface area contributed by atoms with Crippen LogP contribution in [0.5, 0.6) is 0 Å². The summed E-state index contributed by atoms with van der Waals surface area (Å²) in [6.45, 7) is 0.766. The lowest BCUT2D eigenvalue weighted by Gasteiger charge is -2.27. The minimum Gasteiger partial charge on any atom is -0.481 e. The average Bonchev–Trinajstić information content (AvgIpc) is 3.21. The fraction of sp³-hybridized carbons (Fsp3) is 0.467. The molecule has 0 radical (unpaired) electrons. The van der Waals surface area contributed by atoms with Crippen LogP contribution in [0.2, 0.25) is 0 Å². The van der Waals surface area contributed by atoms with Gasteiger partial charge in [0, 0.05) is 18.7 Å². The molecule has 1 aliphatic carbocycles. The van der Waals surface area contributed by atoms with Crippen LogP contribution in [0.1, 0.15) is 37.7 Å². The molecule has 0 aromatic heterocycles. The number of carboxylic acid groups (broad SMARTS) is 1. The highest BCUT2D eigenvalue weighted by Gasteiger charge is 2.51. The van der Waals surface area contributed by atoms with E-state index in [1.807, 2.05) is 24.3 Å². The van der Waals surface area contributed by atoms with E-state index in [0.717, 1.165) is 30.6 Å². The molecule has 3 rings (SSSR count). The van der Waals surface area contributed by atoms with Gasteiger partial charge in [0.25, 0.3) is 0 Å². The summed E-state index contributed by atoms with van der Waals surface area (Å²) in [5.41, 5.74) is 1.08. The Balaban J connectivity index is 1.83. The lowest BCUT2D eigenvalue weighted by molar-refractivity contribution is -0.140. The molecule has 19 heavy (non-hydrogen) atoms. The van der Waals surface area contributed by atoms with E-state index < -0.39 is 11.4 Å². The van der Waals surface area contributed by atoms with Gasteiger partial charge in [0.1, 0.15) is 0 Å². The lowest BCUT2D eigenvalue weighted by atomic mass is 9.96. The molecule has 1 aliphatic heterocycles. The minimum atomic E-state index is -0.741. The predicted molar refractivity (Wildman–Crippen MR) is 71.2 cm³/mol. The van der Waals surface area contributed by atoms with Gasteiger partial charge in [-0.15, -0.1) is 0 Å². The zero-order chi connectivity index (χ0) is 13.5. The summed E-state index contributed by atoms with van der Waals surface area (Å²) < 4.78 is 0. The third-order valence-electron chi connectivity index (χ3n) is 4.21. The Morgan fingerprint density at radius 3 is 2.37 bits per heavy atom. The number of aliphatic carboxylic acids is 1. The number of hydrogen-bond acceptors (Lipinski definition) is 2. The Bertz CT molecular complexity index is 517. The number of anilines is 1. The molecule has 4 heteroatoms. The van der Waals surface area contributed by atoms with Crippen LogP contribution in [0.3, 0.4) is 0 Å². The van der Waals surface area contributed by atoms with Crippen molar-refractivity contribution in [3.8, 4) is 0 Å². The zero-order valence-electron chi connectivity index (χ0n) is 10.8. The number of carboxylic acids is 1. The van der Waals surface area contributed by atoms with Crippen molar-refractivity contribution >= 4 is 17.6 Å². The molecule has 1 saturated carbocycles. The van der Waals surface area contributed by atoms with Crippen molar-refractivity contribution in [2.45, 2.75) is 37.5 Å². The van der Waals surface area contributed by atoms with E-state index in [-0.39, 0.29) is 5.91 Å². The standard InChI is InChI=1S/C15H17NO3/c17-13-3-1-2-10-16(13)12-6-4-11(5-7-12)15(8-9-15)14(18)19/h4-7H,1-3,8-10H2,(H,18,19). The Morgan fingerprint density at radius 1 is 1.16 bits per heavy atom. The summed E-state index contributed by atoms with van der Waals surface area (Å²) in [6.07, 6.45) is 4.04. The molecule has 0 bridgehead atoms. The minimum absolute atomic E-state index is 0.165. The average molecular weight is 259 g/mol. The van der Waals surface area contributed by atoms with Gasteiger partial charge in [0.15, 0.2) is 0 Å². The van der Waals surface area contributed by atoms with E-state index in [2.05, 4.69) is 0 Å². The van der Waals surface area contributed by atoms with Crippen molar-refractivity contribution < 1.29 is 14.7 Å². The second-order valence-corrected chi connectivity index (χ2v) is 5.44. The van der Waals surface area contributed by atoms with Gasteiger partial charge < -0.3 is 10.0 Å². The van der Waals surface area contributed by atoms with Gasteiger partial charge in [-0.3, -0.25) is 9.59 Å². The Hall–Kier alpha value is -1.84. The summed E-state index contributed by atoms with van der Waals surface area (Å²) >= 11 is 0. The van der Waals surface area contributed by atoms with Crippen LogP contribution in [0.4, 0.5) is 5.69 Å². The van der Waals surface area contributed by atoms with Crippen LogP contribution in [-0.4, -0.2) is 23.5 Å². The first kappa shape index (κ1) is 12.2. The SMILES string of the molecule is O=C1CCCCN1c1ccc(C2(C(=O)O)CC2)cc1. The van der Waals surface area contributed by atoms with Crippen LogP contribution in [0.25, 0.3) is 0 Å². The highest BCUT2D eigenvalue weighted by molar-refractivity contribution is 5.94. The van der Waals surface area contributed by atoms with Crippen LogP contribution < -0.4 is 4.90 Å². The number of carbonyl (C=O) groups is 2. The molecule has 2 fully saturated rings. The number of piperidine rings is 1. The molecule has 1 saturated heterocycles. The van der Waals surface area contributed by atoms with Crippen LogP contribution in [-0.2, 0) is 15.0 Å². The smallest absolute Gasteiger partial charge is 0.314 e. The van der Waals surface area contributed by atoms with E-state index in [1.165, 1.54) is 0 Å². The predicted octanol–water partition coefficient (Wildman–Crippen LogP) is 2.32. The van der Waals surface area contributed by atoms with Crippen molar-refractivity contribution in [3.05, 3.63) is 29.8 Å². The topological polar surface area (TPSA) is 57.6 Å². The third kappa shape index (κ3) is 2.01. The third-order valence-corrected chi connectivity index (χ3v) is 4.21. The maximum absolute atomic E-state index is 11.8. The maximum atomic E-state index is 11.8. The molecule has 1 heterocycles. The lowest BCUT2D eigenvalue weighted by Crippen LogP contribution is -2.35. The van der Waals surface area contributed by atoms with Gasteiger partial charge in [0.05, 0.1) is 5.41 Å². The van der Waals surface area contributed by atoms with Gasteiger partial charge in [-0.1, -0.05) is 12.1 Å². The highest BCUT2D eigenvalue weighted by Crippen LogP contribution is 2.48. The molecule has 1 N–H and O–H groups in total. The summed E-state index contributed by atoms with van der Waals surface area (Å²) in [5, 5.41) is 9.25. The van der Waals surface area contributed by atoms with Gasteiger partial charge in [0.2, 0.25) is 5.91 Å². The Morgan fingerprint density at radius 2 is 1.84 bits per heavy atom. The molecule has 100 valence electrons. The normalized spacial score (nSPS) is 21.3. The molecule has 1 amide bonds. The monoisotopic (exact) mass is 259 g/mol. The first-order valence-electron chi connectivity index (χ1n) is 6.78. The van der Waals surface area contributed by atoms with E-state index in [9.17, 15) is 14.7 Å². The number of rotatable bonds is 3. The summed E-state index contributed by atoms with van der Waals surface area (Å²) in [5.74, 6) is -0.576. The molecular weight excluding hydrogens is 242 g/mol. The first-order chi connectivity index (χ1) is 9.13. The fourth-order valence-corrected chi connectivity index (χ4v) is 2.79. The van der Waals surface area contributed by atoms with E-state index in [0.29, 0.717) is 19.3 Å². The summed E-state index contributed by atoms with van der Waals surface area (Å²) in [4.78, 5) is 24.9. The molecule has 0 spiro atoms. The molecule has 1 aromatic carbocycles. The highest BCUT2D eigenvalue weighted by atomic mass is 16.4.